The fourth-order valence-corrected chi connectivity index (χ4v) is 3.39. The minimum Gasteiger partial charge on any atom is -0.381 e. The minimum atomic E-state index is 0.182. The number of dihydropyridines is 1. The molecular weight excluding hydrogens is 316 g/mol. The van der Waals surface area contributed by atoms with E-state index in [0.29, 0.717) is 5.92 Å². The molecule has 1 aromatic carbocycles. The highest BCUT2D eigenvalue weighted by Gasteiger charge is 2.18. The zero-order valence-electron chi connectivity index (χ0n) is 17.1. The molecule has 2 heteroatoms. The smallest absolute Gasteiger partial charge is 0.0479 e. The molecule has 1 aliphatic rings. The van der Waals surface area contributed by atoms with Gasteiger partial charge in [-0.3, -0.25) is 0 Å². The van der Waals surface area contributed by atoms with Crippen molar-refractivity contribution < 1.29 is 0 Å². The largest absolute Gasteiger partial charge is 0.381 e. The number of nitrogens with one attached hydrogen (secondary N) is 1. The highest BCUT2D eigenvalue weighted by molar-refractivity contribution is 5.69. The van der Waals surface area contributed by atoms with Crippen molar-refractivity contribution in [1.29, 1.82) is 0 Å². The summed E-state index contributed by atoms with van der Waals surface area (Å²) in [5, 5.41) is 3.62. The molecule has 2 heterocycles. The van der Waals surface area contributed by atoms with Crippen LogP contribution in [0, 0.1) is 12.8 Å². The first-order valence-electron chi connectivity index (χ1n) is 9.66. The summed E-state index contributed by atoms with van der Waals surface area (Å²) >= 11 is 0. The summed E-state index contributed by atoms with van der Waals surface area (Å²) in [7, 11) is 0. The fraction of sp³-hybridized carbons (Fsp3) is 0.417. The van der Waals surface area contributed by atoms with Gasteiger partial charge in [-0.25, -0.2) is 0 Å². The van der Waals surface area contributed by atoms with Gasteiger partial charge in [0, 0.05) is 36.2 Å². The molecule has 1 aliphatic heterocycles. The number of benzene rings is 1. The highest BCUT2D eigenvalue weighted by Crippen LogP contribution is 2.27. The van der Waals surface area contributed by atoms with E-state index in [1.54, 1.807) is 0 Å². The van der Waals surface area contributed by atoms with E-state index in [0.717, 1.165) is 13.1 Å². The van der Waals surface area contributed by atoms with E-state index in [2.05, 4.69) is 100 Å². The summed E-state index contributed by atoms with van der Waals surface area (Å²) in [5.74, 6) is 0.592. The van der Waals surface area contributed by atoms with Crippen LogP contribution in [0.2, 0.25) is 0 Å². The second-order valence-corrected chi connectivity index (χ2v) is 8.74. The molecule has 0 saturated heterocycles. The van der Waals surface area contributed by atoms with Crippen LogP contribution in [-0.4, -0.2) is 11.1 Å². The van der Waals surface area contributed by atoms with Crippen molar-refractivity contribution in [2.24, 2.45) is 5.92 Å². The molecule has 1 N–H and O–H groups in total. The molecule has 138 valence electrons. The normalized spacial score (nSPS) is 14.9. The number of rotatable bonds is 4. The Morgan fingerprint density at radius 3 is 2.42 bits per heavy atom. The summed E-state index contributed by atoms with van der Waals surface area (Å²) < 4.78 is 2.37. The van der Waals surface area contributed by atoms with Gasteiger partial charge in [0.15, 0.2) is 0 Å². The topological polar surface area (TPSA) is 17.0 Å². The maximum absolute atomic E-state index is 3.62. The Morgan fingerprint density at radius 2 is 1.85 bits per heavy atom. The van der Waals surface area contributed by atoms with Gasteiger partial charge in [-0.15, -0.1) is 0 Å². The zero-order chi connectivity index (χ0) is 18.9. The van der Waals surface area contributed by atoms with E-state index < -0.39 is 0 Å². The first kappa shape index (κ1) is 18.6. The number of allylic oxidation sites excluding steroid dienone is 2. The summed E-state index contributed by atoms with van der Waals surface area (Å²) in [6, 6.07) is 11.1. The van der Waals surface area contributed by atoms with Crippen LogP contribution in [-0.2, 0) is 12.0 Å². The summed E-state index contributed by atoms with van der Waals surface area (Å²) in [6.45, 7) is 15.4. The van der Waals surface area contributed by atoms with E-state index in [1.165, 1.54) is 33.7 Å². The van der Waals surface area contributed by atoms with Crippen molar-refractivity contribution in [2.45, 2.75) is 53.5 Å². The highest BCUT2D eigenvalue weighted by atomic mass is 15.0. The van der Waals surface area contributed by atoms with Crippen molar-refractivity contribution in [1.82, 2.24) is 9.88 Å². The Labute approximate surface area is 158 Å². The van der Waals surface area contributed by atoms with Crippen molar-refractivity contribution in [3.8, 4) is 0 Å². The van der Waals surface area contributed by atoms with Gasteiger partial charge < -0.3 is 9.88 Å². The Hall–Kier alpha value is -2.22. The van der Waals surface area contributed by atoms with Gasteiger partial charge in [-0.2, -0.15) is 0 Å². The van der Waals surface area contributed by atoms with Crippen LogP contribution in [0.1, 0.15) is 57.0 Å². The van der Waals surface area contributed by atoms with Crippen LogP contribution < -0.4 is 5.32 Å². The molecule has 0 spiro atoms. The predicted molar refractivity (Wildman–Crippen MR) is 112 cm³/mol. The predicted octanol–water partition coefficient (Wildman–Crippen LogP) is 5.67. The Balaban J connectivity index is 1.91. The fourth-order valence-electron chi connectivity index (χ4n) is 3.39. The molecule has 0 radical (unpaired) electrons. The molecule has 0 atom stereocenters. The Bertz CT molecular complexity index is 841. The third-order valence-corrected chi connectivity index (χ3v) is 5.32. The Morgan fingerprint density at radius 1 is 1.12 bits per heavy atom. The van der Waals surface area contributed by atoms with E-state index >= 15 is 0 Å². The van der Waals surface area contributed by atoms with Crippen LogP contribution in [0.15, 0.2) is 54.3 Å². The van der Waals surface area contributed by atoms with Crippen LogP contribution in [0.4, 0.5) is 0 Å². The minimum absolute atomic E-state index is 0.182. The number of hydrogen-bond donors (Lipinski definition) is 1. The lowest BCUT2D eigenvalue weighted by Crippen LogP contribution is -2.22. The average molecular weight is 349 g/mol. The molecule has 0 aliphatic carbocycles. The first-order chi connectivity index (χ1) is 12.3. The summed E-state index contributed by atoms with van der Waals surface area (Å²) in [5.41, 5.74) is 8.24. The standard InChI is InChI=1S/C24H32N2/c1-17(2)19-11-12-23(25-14-19)22-10-8-7-9-20(22)15-26-16-21(13-18(26)3)24(4,5)6/h7-13,16-17,25H,14-15H2,1-6H3. The SMILES string of the molecule is Cc1cc(C(C)(C)C)cn1Cc1ccccc1C1=CC=C(C(C)C)CN1. The molecule has 3 rings (SSSR count). The molecule has 0 saturated carbocycles. The molecule has 0 unspecified atom stereocenters. The second-order valence-electron chi connectivity index (χ2n) is 8.74. The van der Waals surface area contributed by atoms with Gasteiger partial charge in [-0.1, -0.05) is 65.0 Å². The van der Waals surface area contributed by atoms with Crippen molar-refractivity contribution in [3.05, 3.63) is 76.6 Å². The molecule has 2 aromatic rings. The van der Waals surface area contributed by atoms with Crippen LogP contribution in [0.3, 0.4) is 0 Å². The number of hydrogen-bond acceptors (Lipinski definition) is 1. The van der Waals surface area contributed by atoms with Gasteiger partial charge >= 0.3 is 0 Å². The third-order valence-electron chi connectivity index (χ3n) is 5.32. The zero-order valence-corrected chi connectivity index (χ0v) is 17.1. The van der Waals surface area contributed by atoms with Gasteiger partial charge in [0.05, 0.1) is 0 Å². The molecule has 0 bridgehead atoms. The lowest BCUT2D eigenvalue weighted by Gasteiger charge is -2.22. The lowest BCUT2D eigenvalue weighted by atomic mass is 9.89. The van der Waals surface area contributed by atoms with Crippen molar-refractivity contribution >= 4 is 5.70 Å². The van der Waals surface area contributed by atoms with Crippen LogP contribution in [0.5, 0.6) is 0 Å². The van der Waals surface area contributed by atoms with E-state index in [1.807, 2.05) is 0 Å². The average Bonchev–Trinajstić information content (AvgIpc) is 2.97. The first-order valence-corrected chi connectivity index (χ1v) is 9.66. The van der Waals surface area contributed by atoms with Crippen molar-refractivity contribution in [3.63, 3.8) is 0 Å². The molecular formula is C24H32N2. The molecule has 1 aromatic heterocycles. The monoisotopic (exact) mass is 348 g/mol. The van der Waals surface area contributed by atoms with E-state index in [9.17, 15) is 0 Å². The number of nitrogens with zero attached hydrogens (tertiary/aromatic N) is 1. The Kier molecular flexibility index (Phi) is 5.13. The van der Waals surface area contributed by atoms with Crippen molar-refractivity contribution in [2.75, 3.05) is 6.54 Å². The van der Waals surface area contributed by atoms with Gasteiger partial charge in [0.25, 0.3) is 0 Å². The lowest BCUT2D eigenvalue weighted by molar-refractivity contribution is 0.588. The molecule has 0 fully saturated rings. The van der Waals surface area contributed by atoms with E-state index in [4.69, 9.17) is 0 Å². The van der Waals surface area contributed by atoms with Crippen LogP contribution in [0.25, 0.3) is 5.70 Å². The van der Waals surface area contributed by atoms with E-state index in [-0.39, 0.29) is 5.41 Å². The maximum Gasteiger partial charge on any atom is 0.0479 e. The van der Waals surface area contributed by atoms with Gasteiger partial charge in [0.2, 0.25) is 0 Å². The molecule has 26 heavy (non-hydrogen) atoms. The molecule has 0 amide bonds. The third kappa shape index (κ3) is 3.95. The van der Waals surface area contributed by atoms with Gasteiger partial charge in [0.1, 0.15) is 0 Å². The summed E-state index contributed by atoms with van der Waals surface area (Å²) in [6.07, 6.45) is 6.83. The van der Waals surface area contributed by atoms with Crippen LogP contribution >= 0.6 is 0 Å². The quantitative estimate of drug-likeness (QED) is 0.753. The van der Waals surface area contributed by atoms with Gasteiger partial charge in [-0.05, 0) is 47.1 Å². The maximum atomic E-state index is 3.62. The number of aryl methyl sites for hydroxylation is 1. The second kappa shape index (κ2) is 7.19. The number of aromatic nitrogens is 1. The molecule has 2 nitrogen and oxygen atoms in total. The summed E-state index contributed by atoms with van der Waals surface area (Å²) in [4.78, 5) is 0.